The smallest absolute Gasteiger partial charge is 0.419 e. The van der Waals surface area contributed by atoms with Crippen molar-refractivity contribution in [3.8, 4) is 17.2 Å². The van der Waals surface area contributed by atoms with Crippen molar-refractivity contribution < 1.29 is 27.4 Å². The van der Waals surface area contributed by atoms with E-state index in [0.717, 1.165) is 0 Å². The second kappa shape index (κ2) is 6.28. The van der Waals surface area contributed by atoms with Crippen LogP contribution in [0.1, 0.15) is 5.56 Å². The highest BCUT2D eigenvalue weighted by Crippen LogP contribution is 2.44. The van der Waals surface area contributed by atoms with Crippen molar-refractivity contribution in [2.24, 2.45) is 0 Å². The lowest BCUT2D eigenvalue weighted by Crippen LogP contribution is -2.09. The van der Waals surface area contributed by atoms with Gasteiger partial charge in [0.1, 0.15) is 16.5 Å². The first-order valence-corrected chi connectivity index (χ1v) is 7.58. The molecule has 0 radical (unpaired) electrons. The lowest BCUT2D eigenvalue weighted by atomic mass is 10.1. The first kappa shape index (κ1) is 17.6. The van der Waals surface area contributed by atoms with Crippen LogP contribution < -0.4 is 4.74 Å². The Morgan fingerprint density at radius 1 is 1.00 bits per heavy atom. The predicted molar refractivity (Wildman–Crippen MR) is 87.1 cm³/mol. The van der Waals surface area contributed by atoms with Crippen LogP contribution in [-0.4, -0.2) is 5.11 Å². The van der Waals surface area contributed by atoms with Crippen LogP contribution in [0.15, 0.2) is 42.5 Å². The maximum absolute atomic E-state index is 13.9. The largest absolute Gasteiger partial charge is 0.507 e. The summed E-state index contributed by atoms with van der Waals surface area (Å²) >= 11 is 11.5. The van der Waals surface area contributed by atoms with Gasteiger partial charge >= 0.3 is 6.18 Å². The molecule has 0 fully saturated rings. The summed E-state index contributed by atoms with van der Waals surface area (Å²) in [5.41, 5.74) is -1.58. The van der Waals surface area contributed by atoms with Crippen molar-refractivity contribution in [1.29, 1.82) is 0 Å². The molecule has 0 spiro atoms. The second-order valence-corrected chi connectivity index (χ2v) is 5.91. The zero-order valence-corrected chi connectivity index (χ0v) is 13.7. The number of halogens is 6. The van der Waals surface area contributed by atoms with Crippen LogP contribution in [0.25, 0.3) is 10.8 Å². The van der Waals surface area contributed by atoms with Crippen molar-refractivity contribution in [2.45, 2.75) is 6.18 Å². The third kappa shape index (κ3) is 3.32. The minimum Gasteiger partial charge on any atom is -0.507 e. The van der Waals surface area contributed by atoms with E-state index in [1.807, 2.05) is 0 Å². The number of alkyl halides is 3. The molecule has 0 aromatic heterocycles. The molecule has 0 unspecified atom stereocenters. The Bertz CT molecular complexity index is 971. The zero-order valence-electron chi connectivity index (χ0n) is 12.2. The maximum Gasteiger partial charge on any atom is 0.419 e. The van der Waals surface area contributed by atoms with Crippen LogP contribution in [-0.2, 0) is 6.18 Å². The Hall–Kier alpha value is -2.18. The molecule has 0 bridgehead atoms. The number of hydrogen-bond donors (Lipinski definition) is 1. The molecule has 0 aliphatic carbocycles. The molecule has 0 atom stereocenters. The van der Waals surface area contributed by atoms with E-state index in [2.05, 4.69) is 0 Å². The summed E-state index contributed by atoms with van der Waals surface area (Å²) in [7, 11) is 0. The van der Waals surface area contributed by atoms with Crippen LogP contribution in [0, 0.1) is 5.82 Å². The van der Waals surface area contributed by atoms with E-state index in [9.17, 15) is 22.7 Å². The molecule has 2 nitrogen and oxygen atoms in total. The molecule has 0 aliphatic heterocycles. The lowest BCUT2D eigenvalue weighted by molar-refractivity contribution is -0.140. The zero-order chi connectivity index (χ0) is 18.4. The molecule has 130 valence electrons. The number of ether oxygens (including phenoxy) is 1. The van der Waals surface area contributed by atoms with Crippen molar-refractivity contribution >= 4 is 34.0 Å². The van der Waals surface area contributed by atoms with Crippen LogP contribution in [0.5, 0.6) is 17.2 Å². The minimum atomic E-state index is -4.94. The number of hydrogen-bond acceptors (Lipinski definition) is 2. The molecule has 0 amide bonds. The van der Waals surface area contributed by atoms with Crippen LogP contribution in [0.2, 0.25) is 10.0 Å². The highest BCUT2D eigenvalue weighted by Gasteiger charge is 2.37. The molecule has 3 rings (SSSR count). The van der Waals surface area contributed by atoms with Gasteiger partial charge in [-0.05, 0) is 29.7 Å². The quantitative estimate of drug-likeness (QED) is 0.385. The number of aromatic hydroxyl groups is 1. The van der Waals surface area contributed by atoms with Gasteiger partial charge in [-0.25, -0.2) is 4.39 Å². The summed E-state index contributed by atoms with van der Waals surface area (Å²) in [4.78, 5) is 0. The van der Waals surface area contributed by atoms with Gasteiger partial charge in [-0.15, -0.1) is 0 Å². The van der Waals surface area contributed by atoms with Crippen molar-refractivity contribution in [3.63, 3.8) is 0 Å². The van der Waals surface area contributed by atoms with Gasteiger partial charge in [0, 0.05) is 5.39 Å². The molecular weight excluding hydrogens is 383 g/mol. The molecule has 0 aliphatic rings. The molecule has 8 heteroatoms. The fraction of sp³-hybridized carbons (Fsp3) is 0.0588. The Morgan fingerprint density at radius 2 is 1.72 bits per heavy atom. The third-order valence-corrected chi connectivity index (χ3v) is 4.09. The molecular formula is C17H8Cl2F4O2. The van der Waals surface area contributed by atoms with Gasteiger partial charge in [0.15, 0.2) is 11.6 Å². The van der Waals surface area contributed by atoms with Crippen molar-refractivity contribution in [3.05, 3.63) is 63.9 Å². The van der Waals surface area contributed by atoms with E-state index in [1.54, 1.807) is 18.2 Å². The molecule has 1 N–H and O–H groups in total. The molecule has 3 aromatic carbocycles. The summed E-state index contributed by atoms with van der Waals surface area (Å²) in [6, 6.07) is 9.82. The maximum atomic E-state index is 13.9. The van der Waals surface area contributed by atoms with Crippen LogP contribution in [0.3, 0.4) is 0 Å². The molecule has 3 aromatic rings. The van der Waals surface area contributed by atoms with Gasteiger partial charge in [-0.3, -0.25) is 0 Å². The van der Waals surface area contributed by atoms with E-state index in [-0.39, 0.29) is 11.5 Å². The molecule has 0 saturated heterocycles. The van der Waals surface area contributed by atoms with Gasteiger partial charge in [-0.1, -0.05) is 41.4 Å². The lowest BCUT2D eigenvalue weighted by Gasteiger charge is -2.15. The Labute approximate surface area is 149 Å². The Kier molecular flexibility index (Phi) is 4.43. The van der Waals surface area contributed by atoms with Crippen molar-refractivity contribution in [2.75, 3.05) is 0 Å². The highest BCUT2D eigenvalue weighted by atomic mass is 35.5. The fourth-order valence-corrected chi connectivity index (χ4v) is 2.83. The summed E-state index contributed by atoms with van der Waals surface area (Å²) in [6.07, 6.45) is -4.94. The number of fused-ring (bicyclic) bond motifs is 1. The first-order chi connectivity index (χ1) is 11.7. The normalized spacial score (nSPS) is 11.8. The standard InChI is InChI=1S/C17H8Cl2F4O2/c18-12-7-11(17(21,22)23)15(20)14(19)16(12)25-9-5-4-8-2-1-3-13(24)10(8)6-9/h1-7,24H. The number of benzene rings is 3. The number of phenols is 1. The molecule has 25 heavy (non-hydrogen) atoms. The van der Waals surface area contributed by atoms with Gasteiger partial charge in [-0.2, -0.15) is 13.2 Å². The van der Waals surface area contributed by atoms with E-state index < -0.39 is 33.4 Å². The van der Waals surface area contributed by atoms with Gasteiger partial charge in [0.05, 0.1) is 10.6 Å². The van der Waals surface area contributed by atoms with Gasteiger partial charge < -0.3 is 9.84 Å². The van der Waals surface area contributed by atoms with E-state index in [4.69, 9.17) is 27.9 Å². The van der Waals surface area contributed by atoms with Crippen LogP contribution >= 0.6 is 23.2 Å². The highest BCUT2D eigenvalue weighted by molar-refractivity contribution is 6.37. The summed E-state index contributed by atoms with van der Waals surface area (Å²) in [6.45, 7) is 0. The third-order valence-electron chi connectivity index (χ3n) is 3.47. The summed E-state index contributed by atoms with van der Waals surface area (Å²) < 4.78 is 57.6. The summed E-state index contributed by atoms with van der Waals surface area (Å²) in [5.74, 6) is -2.00. The average molecular weight is 391 g/mol. The van der Waals surface area contributed by atoms with E-state index in [1.165, 1.54) is 18.2 Å². The Morgan fingerprint density at radius 3 is 2.40 bits per heavy atom. The molecule has 0 heterocycles. The minimum absolute atomic E-state index is 0.0151. The predicted octanol–water partition coefficient (Wildman–Crippen LogP) is 6.80. The van der Waals surface area contributed by atoms with Crippen LogP contribution in [0.4, 0.5) is 17.6 Å². The fourth-order valence-electron chi connectivity index (χ4n) is 2.29. The molecule has 0 saturated carbocycles. The topological polar surface area (TPSA) is 29.5 Å². The monoisotopic (exact) mass is 390 g/mol. The van der Waals surface area contributed by atoms with E-state index in [0.29, 0.717) is 16.8 Å². The Balaban J connectivity index is 2.07. The second-order valence-electron chi connectivity index (χ2n) is 5.12. The van der Waals surface area contributed by atoms with E-state index >= 15 is 0 Å². The SMILES string of the molecule is Oc1cccc2ccc(Oc3c(Cl)cc(C(F)(F)F)c(F)c3Cl)cc12. The van der Waals surface area contributed by atoms with Gasteiger partial charge in [0.25, 0.3) is 0 Å². The number of rotatable bonds is 2. The average Bonchev–Trinajstić information content (AvgIpc) is 2.54. The van der Waals surface area contributed by atoms with Crippen molar-refractivity contribution in [1.82, 2.24) is 0 Å². The first-order valence-electron chi connectivity index (χ1n) is 6.83. The summed E-state index contributed by atoms with van der Waals surface area (Å²) in [5, 5.41) is 9.64. The van der Waals surface area contributed by atoms with Gasteiger partial charge in [0.2, 0.25) is 0 Å². The number of phenolic OH excluding ortho intramolecular Hbond substituents is 1.